The molecule has 1 heterocycles. The van der Waals surface area contributed by atoms with E-state index in [9.17, 15) is 9.59 Å². The van der Waals surface area contributed by atoms with Crippen molar-refractivity contribution < 1.29 is 14.4 Å². The molecule has 0 aliphatic heterocycles. The largest absolute Gasteiger partial charge is 0.276 e. The average Bonchev–Trinajstić information content (AvgIpc) is 2.63. The summed E-state index contributed by atoms with van der Waals surface area (Å²) < 4.78 is 0. The lowest BCUT2D eigenvalue weighted by molar-refractivity contribution is -0.133. The van der Waals surface area contributed by atoms with E-state index in [-0.39, 0.29) is 19.1 Å². The van der Waals surface area contributed by atoms with Gasteiger partial charge in [-0.3, -0.25) is 19.4 Å². The number of benzene rings is 1. The first kappa shape index (κ1) is 19.8. The molecule has 26 heavy (non-hydrogen) atoms. The summed E-state index contributed by atoms with van der Waals surface area (Å²) in [5.41, 5.74) is 4.86. The third-order valence-corrected chi connectivity index (χ3v) is 3.93. The van der Waals surface area contributed by atoms with Gasteiger partial charge in [-0.15, -0.1) is 0 Å². The number of aryl methyl sites for hydroxylation is 1. The molecule has 0 unspecified atom stereocenters. The number of rotatable bonds is 9. The van der Waals surface area contributed by atoms with Crippen molar-refractivity contribution in [1.29, 1.82) is 0 Å². The normalized spacial score (nSPS) is 10.4. The Kier molecular flexibility index (Phi) is 7.53. The van der Waals surface area contributed by atoms with Crippen molar-refractivity contribution in [2.24, 2.45) is 0 Å². The second-order valence-corrected chi connectivity index (χ2v) is 5.96. The van der Waals surface area contributed by atoms with Crippen LogP contribution in [0.5, 0.6) is 0 Å². The number of hydroxylamine groups is 1. The van der Waals surface area contributed by atoms with E-state index >= 15 is 0 Å². The zero-order valence-corrected chi connectivity index (χ0v) is 15.4. The van der Waals surface area contributed by atoms with Crippen LogP contribution in [0.15, 0.2) is 42.6 Å². The van der Waals surface area contributed by atoms with Gasteiger partial charge in [0, 0.05) is 24.7 Å². The van der Waals surface area contributed by atoms with Crippen molar-refractivity contribution in [3.8, 4) is 0 Å². The molecule has 0 atom stereocenters. The third-order valence-electron chi connectivity index (χ3n) is 3.56. The summed E-state index contributed by atoms with van der Waals surface area (Å²) in [6, 6.07) is 10.9. The Bertz CT molecular complexity index is 739. The number of aromatic nitrogens is 1. The Hall–Kier alpha value is -2.48. The van der Waals surface area contributed by atoms with Gasteiger partial charge >= 0.3 is 0 Å². The van der Waals surface area contributed by atoms with Crippen LogP contribution in [0.2, 0.25) is 5.02 Å². The van der Waals surface area contributed by atoms with Crippen LogP contribution in [0.1, 0.15) is 18.1 Å². The summed E-state index contributed by atoms with van der Waals surface area (Å²) >= 11 is 6.11. The second kappa shape index (κ2) is 9.86. The molecule has 0 saturated heterocycles. The lowest BCUT2D eigenvalue weighted by Gasteiger charge is -2.23. The topological polar surface area (TPSA) is 74.8 Å². The Balaban J connectivity index is 1.87. The summed E-state index contributed by atoms with van der Waals surface area (Å²) in [5.74, 6) is 0.204. The van der Waals surface area contributed by atoms with Gasteiger partial charge in [-0.25, -0.2) is 10.4 Å². The Labute approximate surface area is 157 Å². The van der Waals surface area contributed by atoms with Crippen LogP contribution in [0.3, 0.4) is 0 Å². The summed E-state index contributed by atoms with van der Waals surface area (Å²) in [6.45, 7) is 4.10. The van der Waals surface area contributed by atoms with Gasteiger partial charge < -0.3 is 0 Å². The molecule has 0 saturated carbocycles. The van der Waals surface area contributed by atoms with E-state index in [4.69, 9.17) is 16.4 Å². The number of halogens is 1. The third kappa shape index (κ3) is 5.80. The predicted molar refractivity (Wildman–Crippen MR) is 99.1 cm³/mol. The van der Waals surface area contributed by atoms with Crippen molar-refractivity contribution >= 4 is 29.7 Å². The number of anilines is 1. The minimum atomic E-state index is -0.174. The standard InChI is InChI=1S/C18H21ClN4O3/c1-14-7-8-18(20-11-14)23(13-24)26-10-9-22(15(2)25)21-12-16-5-3-4-6-17(16)19/h3-8,11,13,21H,9-10,12H2,1-2H3. The SMILES string of the molecule is CC(=O)N(CCON(C=O)c1ccc(C)cn1)NCc1ccccc1Cl. The molecule has 0 bridgehead atoms. The highest BCUT2D eigenvalue weighted by atomic mass is 35.5. The van der Waals surface area contributed by atoms with Crippen LogP contribution < -0.4 is 10.5 Å². The lowest BCUT2D eigenvalue weighted by atomic mass is 10.2. The number of hydrogen-bond donors (Lipinski definition) is 1. The molecule has 0 radical (unpaired) electrons. The molecule has 1 N–H and O–H groups in total. The van der Waals surface area contributed by atoms with Crippen LogP contribution in [0, 0.1) is 6.92 Å². The first-order valence-corrected chi connectivity index (χ1v) is 8.44. The van der Waals surface area contributed by atoms with Crippen LogP contribution in [-0.2, 0) is 21.0 Å². The molecular formula is C18H21ClN4O3. The molecule has 2 amide bonds. The van der Waals surface area contributed by atoms with Gasteiger partial charge in [-0.05, 0) is 30.2 Å². The van der Waals surface area contributed by atoms with Gasteiger partial charge in [-0.1, -0.05) is 35.9 Å². The van der Waals surface area contributed by atoms with Crippen LogP contribution in [-0.4, -0.2) is 35.5 Å². The maximum atomic E-state index is 11.8. The lowest BCUT2D eigenvalue weighted by Crippen LogP contribution is -2.44. The Morgan fingerprint density at radius 1 is 1.31 bits per heavy atom. The zero-order chi connectivity index (χ0) is 18.9. The monoisotopic (exact) mass is 376 g/mol. The van der Waals surface area contributed by atoms with Gasteiger partial charge in [0.2, 0.25) is 12.3 Å². The number of amides is 2. The molecule has 1 aromatic carbocycles. The predicted octanol–water partition coefficient (Wildman–Crippen LogP) is 2.49. The van der Waals surface area contributed by atoms with Gasteiger partial charge in [-0.2, -0.15) is 5.06 Å². The number of hydrogen-bond acceptors (Lipinski definition) is 5. The number of carbonyl (C=O) groups is 2. The van der Waals surface area contributed by atoms with E-state index in [1.807, 2.05) is 31.2 Å². The quantitative estimate of drug-likeness (QED) is 0.537. The van der Waals surface area contributed by atoms with Crippen LogP contribution in [0.25, 0.3) is 0 Å². The first-order chi connectivity index (χ1) is 12.5. The van der Waals surface area contributed by atoms with E-state index in [1.165, 1.54) is 11.9 Å². The average molecular weight is 377 g/mol. The Morgan fingerprint density at radius 2 is 2.08 bits per heavy atom. The second-order valence-electron chi connectivity index (χ2n) is 5.56. The van der Waals surface area contributed by atoms with Crippen molar-refractivity contribution in [2.75, 3.05) is 18.2 Å². The fourth-order valence-corrected chi connectivity index (χ4v) is 2.34. The molecule has 2 aromatic rings. The molecule has 8 heteroatoms. The molecule has 0 aliphatic rings. The first-order valence-electron chi connectivity index (χ1n) is 8.06. The minimum Gasteiger partial charge on any atom is -0.276 e. The fourth-order valence-electron chi connectivity index (χ4n) is 2.14. The molecular weight excluding hydrogens is 356 g/mol. The van der Waals surface area contributed by atoms with Gasteiger partial charge in [0.25, 0.3) is 0 Å². The fraction of sp³-hybridized carbons (Fsp3) is 0.278. The number of hydrazine groups is 1. The van der Waals surface area contributed by atoms with E-state index in [0.29, 0.717) is 23.8 Å². The Morgan fingerprint density at radius 3 is 2.69 bits per heavy atom. The molecule has 0 aliphatic carbocycles. The van der Waals surface area contributed by atoms with E-state index in [2.05, 4.69) is 10.4 Å². The molecule has 7 nitrogen and oxygen atoms in total. The van der Waals surface area contributed by atoms with Crippen molar-refractivity contribution in [1.82, 2.24) is 15.4 Å². The van der Waals surface area contributed by atoms with Gasteiger partial charge in [0.05, 0.1) is 13.2 Å². The van der Waals surface area contributed by atoms with Gasteiger partial charge in [0.15, 0.2) is 5.82 Å². The maximum Gasteiger partial charge on any atom is 0.239 e. The molecule has 0 spiro atoms. The van der Waals surface area contributed by atoms with E-state index in [0.717, 1.165) is 16.2 Å². The van der Waals surface area contributed by atoms with Crippen molar-refractivity contribution in [3.63, 3.8) is 0 Å². The summed E-state index contributed by atoms with van der Waals surface area (Å²) in [7, 11) is 0. The van der Waals surface area contributed by atoms with E-state index < -0.39 is 0 Å². The summed E-state index contributed by atoms with van der Waals surface area (Å²) in [4.78, 5) is 32.5. The van der Waals surface area contributed by atoms with Crippen LogP contribution >= 0.6 is 11.6 Å². The number of nitrogens with one attached hydrogen (secondary N) is 1. The highest BCUT2D eigenvalue weighted by Gasteiger charge is 2.12. The van der Waals surface area contributed by atoms with Crippen molar-refractivity contribution in [2.45, 2.75) is 20.4 Å². The van der Waals surface area contributed by atoms with Crippen LogP contribution in [0.4, 0.5) is 5.82 Å². The smallest absolute Gasteiger partial charge is 0.239 e. The number of nitrogens with zero attached hydrogens (tertiary/aromatic N) is 3. The number of pyridine rings is 1. The molecule has 0 fully saturated rings. The van der Waals surface area contributed by atoms with Crippen molar-refractivity contribution in [3.05, 3.63) is 58.7 Å². The maximum absolute atomic E-state index is 11.8. The highest BCUT2D eigenvalue weighted by molar-refractivity contribution is 6.31. The molecule has 138 valence electrons. The summed E-state index contributed by atoms with van der Waals surface area (Å²) in [5, 5.41) is 3.07. The highest BCUT2D eigenvalue weighted by Crippen LogP contribution is 2.14. The zero-order valence-electron chi connectivity index (χ0n) is 14.7. The molecule has 2 rings (SSSR count). The van der Waals surface area contributed by atoms with Gasteiger partial charge in [0.1, 0.15) is 0 Å². The molecule has 1 aromatic heterocycles. The van der Waals surface area contributed by atoms with E-state index in [1.54, 1.807) is 18.3 Å². The summed E-state index contributed by atoms with van der Waals surface area (Å²) in [6.07, 6.45) is 2.18. The number of carbonyl (C=O) groups excluding carboxylic acids is 2. The minimum absolute atomic E-state index is 0.114.